The van der Waals surface area contributed by atoms with E-state index in [1.807, 2.05) is 6.07 Å². The quantitative estimate of drug-likeness (QED) is 0.851. The minimum absolute atomic E-state index is 0.280. The van der Waals surface area contributed by atoms with E-state index in [1.54, 1.807) is 12.3 Å². The molecule has 2 aromatic rings. The highest BCUT2D eigenvalue weighted by atomic mass is 16.5. The Bertz CT molecular complexity index is 697. The Morgan fingerprint density at radius 2 is 2.09 bits per heavy atom. The van der Waals surface area contributed by atoms with E-state index in [0.29, 0.717) is 18.0 Å². The minimum atomic E-state index is 0.280. The van der Waals surface area contributed by atoms with Crippen molar-refractivity contribution in [1.29, 1.82) is 5.26 Å². The third kappa shape index (κ3) is 3.66. The normalized spacial score (nSPS) is 15.8. The largest absolute Gasteiger partial charge is 0.354 e. The number of rotatable bonds is 4. The molecular formula is C16H20N6O. The second kappa shape index (κ2) is 6.75. The molecule has 3 rings (SSSR count). The summed E-state index contributed by atoms with van der Waals surface area (Å²) in [6, 6.07) is 5.71. The Kier molecular flexibility index (Phi) is 4.53. The van der Waals surface area contributed by atoms with E-state index < -0.39 is 0 Å². The monoisotopic (exact) mass is 312 g/mol. The predicted octanol–water partition coefficient (Wildman–Crippen LogP) is 1.78. The van der Waals surface area contributed by atoms with Crippen molar-refractivity contribution < 1.29 is 4.52 Å². The summed E-state index contributed by atoms with van der Waals surface area (Å²) in [6.07, 6.45) is 1.69. The van der Waals surface area contributed by atoms with E-state index in [9.17, 15) is 0 Å². The molecular weight excluding hydrogens is 292 g/mol. The number of nitrogens with zero attached hydrogens (tertiary/aromatic N) is 6. The number of nitriles is 1. The van der Waals surface area contributed by atoms with Crippen LogP contribution in [0.25, 0.3) is 0 Å². The highest BCUT2D eigenvalue weighted by Crippen LogP contribution is 2.16. The molecule has 3 heterocycles. The SMILES string of the molecule is CC(C)c1noc(CN2CCN(c3cc(C#N)ccn3)CC2)n1. The van der Waals surface area contributed by atoms with Gasteiger partial charge in [0, 0.05) is 38.3 Å². The molecule has 23 heavy (non-hydrogen) atoms. The van der Waals surface area contributed by atoms with Crippen molar-refractivity contribution in [2.75, 3.05) is 31.1 Å². The summed E-state index contributed by atoms with van der Waals surface area (Å²) < 4.78 is 5.31. The van der Waals surface area contributed by atoms with Crippen LogP contribution in [0, 0.1) is 11.3 Å². The van der Waals surface area contributed by atoms with Crippen LogP contribution >= 0.6 is 0 Å². The van der Waals surface area contributed by atoms with Crippen molar-refractivity contribution in [3.63, 3.8) is 0 Å². The van der Waals surface area contributed by atoms with Gasteiger partial charge in [-0.3, -0.25) is 4.90 Å². The Labute approximate surface area is 135 Å². The van der Waals surface area contributed by atoms with Crippen LogP contribution in [0.4, 0.5) is 5.82 Å². The molecule has 1 aliphatic rings. The molecule has 0 N–H and O–H groups in total. The standard InChI is InChI=1S/C16H20N6O/c1-12(2)16-19-15(23-20-16)11-21-5-7-22(8-6-21)14-9-13(10-17)3-4-18-14/h3-4,9,12H,5-8,11H2,1-2H3. The maximum Gasteiger partial charge on any atom is 0.240 e. The van der Waals surface area contributed by atoms with Gasteiger partial charge < -0.3 is 9.42 Å². The van der Waals surface area contributed by atoms with Crippen molar-refractivity contribution in [2.24, 2.45) is 0 Å². The molecule has 0 atom stereocenters. The molecule has 0 aliphatic carbocycles. The highest BCUT2D eigenvalue weighted by molar-refractivity contribution is 5.45. The third-order valence-electron chi connectivity index (χ3n) is 3.93. The third-order valence-corrected chi connectivity index (χ3v) is 3.93. The lowest BCUT2D eigenvalue weighted by atomic mass is 10.2. The fraction of sp³-hybridized carbons (Fsp3) is 0.500. The van der Waals surface area contributed by atoms with E-state index in [0.717, 1.165) is 37.8 Å². The van der Waals surface area contributed by atoms with Crippen LogP contribution in [-0.2, 0) is 6.54 Å². The highest BCUT2D eigenvalue weighted by Gasteiger charge is 2.20. The van der Waals surface area contributed by atoms with Gasteiger partial charge in [0.15, 0.2) is 5.82 Å². The summed E-state index contributed by atoms with van der Waals surface area (Å²) in [5.74, 6) is 2.58. The molecule has 7 nitrogen and oxygen atoms in total. The molecule has 0 spiro atoms. The van der Waals surface area contributed by atoms with Gasteiger partial charge in [0.2, 0.25) is 5.89 Å². The second-order valence-corrected chi connectivity index (χ2v) is 5.98. The van der Waals surface area contributed by atoms with Crippen LogP contribution < -0.4 is 4.90 Å². The van der Waals surface area contributed by atoms with Gasteiger partial charge in [-0.2, -0.15) is 10.2 Å². The van der Waals surface area contributed by atoms with Crippen molar-refractivity contribution >= 4 is 5.82 Å². The van der Waals surface area contributed by atoms with Crippen molar-refractivity contribution in [3.8, 4) is 6.07 Å². The first-order chi connectivity index (χ1) is 11.2. The summed E-state index contributed by atoms with van der Waals surface area (Å²) in [4.78, 5) is 13.3. The van der Waals surface area contributed by atoms with Gasteiger partial charge >= 0.3 is 0 Å². The molecule has 0 saturated carbocycles. The number of aromatic nitrogens is 3. The lowest BCUT2D eigenvalue weighted by Crippen LogP contribution is -2.46. The summed E-state index contributed by atoms with van der Waals surface area (Å²) in [5.41, 5.74) is 0.643. The van der Waals surface area contributed by atoms with Crippen LogP contribution in [0.15, 0.2) is 22.9 Å². The first-order valence-electron chi connectivity index (χ1n) is 7.81. The van der Waals surface area contributed by atoms with Crippen LogP contribution in [0.1, 0.15) is 37.0 Å². The summed E-state index contributed by atoms with van der Waals surface area (Å²) in [5, 5.41) is 13.0. The smallest absolute Gasteiger partial charge is 0.240 e. The number of pyridine rings is 1. The molecule has 1 aliphatic heterocycles. The topological polar surface area (TPSA) is 82.1 Å². The lowest BCUT2D eigenvalue weighted by Gasteiger charge is -2.34. The predicted molar refractivity (Wildman–Crippen MR) is 84.8 cm³/mol. The van der Waals surface area contributed by atoms with E-state index in [1.165, 1.54) is 0 Å². The summed E-state index contributed by atoms with van der Waals surface area (Å²) in [7, 11) is 0. The fourth-order valence-corrected chi connectivity index (χ4v) is 2.55. The zero-order valence-corrected chi connectivity index (χ0v) is 13.4. The number of anilines is 1. The van der Waals surface area contributed by atoms with Gasteiger partial charge in [-0.25, -0.2) is 4.98 Å². The van der Waals surface area contributed by atoms with Gasteiger partial charge in [-0.05, 0) is 12.1 Å². The number of hydrogen-bond donors (Lipinski definition) is 0. The molecule has 7 heteroatoms. The van der Waals surface area contributed by atoms with E-state index in [2.05, 4.69) is 44.8 Å². The molecule has 0 aromatic carbocycles. The van der Waals surface area contributed by atoms with Crippen LogP contribution in [0.2, 0.25) is 0 Å². The van der Waals surface area contributed by atoms with Gasteiger partial charge in [-0.1, -0.05) is 19.0 Å². The zero-order chi connectivity index (χ0) is 16.2. The molecule has 0 radical (unpaired) electrons. The Morgan fingerprint density at radius 1 is 1.30 bits per heavy atom. The molecule has 1 saturated heterocycles. The average molecular weight is 312 g/mol. The van der Waals surface area contributed by atoms with E-state index in [-0.39, 0.29) is 5.92 Å². The van der Waals surface area contributed by atoms with Crippen molar-refractivity contribution in [1.82, 2.24) is 20.0 Å². The molecule has 0 bridgehead atoms. The van der Waals surface area contributed by atoms with Crippen molar-refractivity contribution in [3.05, 3.63) is 35.6 Å². The number of piperazine rings is 1. The Morgan fingerprint density at radius 3 is 2.74 bits per heavy atom. The summed E-state index contributed by atoms with van der Waals surface area (Å²) in [6.45, 7) is 8.32. The molecule has 0 unspecified atom stereocenters. The fourth-order valence-electron chi connectivity index (χ4n) is 2.55. The lowest BCUT2D eigenvalue weighted by molar-refractivity contribution is 0.215. The first kappa shape index (κ1) is 15.4. The average Bonchev–Trinajstić information content (AvgIpc) is 3.04. The number of hydrogen-bond acceptors (Lipinski definition) is 7. The maximum absolute atomic E-state index is 8.98. The van der Waals surface area contributed by atoms with Gasteiger partial charge in [-0.15, -0.1) is 0 Å². The van der Waals surface area contributed by atoms with Gasteiger partial charge in [0.05, 0.1) is 18.2 Å². The minimum Gasteiger partial charge on any atom is -0.354 e. The van der Waals surface area contributed by atoms with E-state index in [4.69, 9.17) is 9.78 Å². The van der Waals surface area contributed by atoms with Crippen LogP contribution in [0.3, 0.4) is 0 Å². The molecule has 120 valence electrons. The van der Waals surface area contributed by atoms with Crippen LogP contribution in [0.5, 0.6) is 0 Å². The van der Waals surface area contributed by atoms with Gasteiger partial charge in [0.1, 0.15) is 5.82 Å². The Balaban J connectivity index is 1.56. The second-order valence-electron chi connectivity index (χ2n) is 5.98. The summed E-state index contributed by atoms with van der Waals surface area (Å²) >= 11 is 0. The Hall–Kier alpha value is -2.46. The molecule has 2 aromatic heterocycles. The van der Waals surface area contributed by atoms with Gasteiger partial charge in [0.25, 0.3) is 0 Å². The van der Waals surface area contributed by atoms with Crippen molar-refractivity contribution in [2.45, 2.75) is 26.3 Å². The first-order valence-corrected chi connectivity index (χ1v) is 7.81. The zero-order valence-electron chi connectivity index (χ0n) is 13.4. The maximum atomic E-state index is 8.98. The van der Waals surface area contributed by atoms with Crippen LogP contribution in [-0.4, -0.2) is 46.2 Å². The molecule has 0 amide bonds. The molecule has 1 fully saturated rings. The van der Waals surface area contributed by atoms with E-state index >= 15 is 0 Å².